The van der Waals surface area contributed by atoms with Gasteiger partial charge < -0.3 is 4.74 Å². The number of carbonyl (C=O) groups excluding carboxylic acids is 2. The molecule has 2 rings (SSSR count). The molecule has 0 aliphatic heterocycles. The van der Waals surface area contributed by atoms with Crippen LogP contribution in [0.2, 0.25) is 0 Å². The van der Waals surface area contributed by atoms with Crippen molar-refractivity contribution in [3.8, 4) is 0 Å². The maximum Gasteiger partial charge on any atom is 0.302 e. The lowest BCUT2D eigenvalue weighted by molar-refractivity contribution is -0.155. The molecule has 0 unspecified atom stereocenters. The molecule has 0 N–H and O–H groups in total. The number of rotatable bonds is 3. The Labute approximate surface area is 121 Å². The first-order valence-corrected chi connectivity index (χ1v) is 7.71. The summed E-state index contributed by atoms with van der Waals surface area (Å²) in [5.41, 5.74) is 0.856. The highest BCUT2D eigenvalue weighted by Gasteiger charge is 2.51. The van der Waals surface area contributed by atoms with Crippen molar-refractivity contribution >= 4 is 12.3 Å². The van der Waals surface area contributed by atoms with Crippen LogP contribution in [-0.2, 0) is 14.3 Å². The summed E-state index contributed by atoms with van der Waals surface area (Å²) < 4.78 is 5.62. The molecule has 0 aromatic rings. The van der Waals surface area contributed by atoms with Gasteiger partial charge in [0.05, 0.1) is 0 Å². The molecular formula is C17H26O3. The molecule has 0 aromatic heterocycles. The number of hydrogen-bond acceptors (Lipinski definition) is 3. The zero-order chi connectivity index (χ0) is 14.9. The zero-order valence-corrected chi connectivity index (χ0v) is 13.0. The predicted molar refractivity (Wildman–Crippen MR) is 78.1 cm³/mol. The summed E-state index contributed by atoms with van der Waals surface area (Å²) in [6.07, 6.45) is 6.80. The van der Waals surface area contributed by atoms with E-state index >= 15 is 0 Å². The standard InChI is InChI=1S/C17H26O3/c1-11(2)14-7-8-17(4)15(14)9-13(10-18)5-6-16(17)20-12(3)19/h9-11,14-16H,5-8H2,1-4H3/t14-,15-,16-,17-/m1/s1. The van der Waals surface area contributed by atoms with Gasteiger partial charge in [-0.15, -0.1) is 0 Å². The Morgan fingerprint density at radius 2 is 2.15 bits per heavy atom. The summed E-state index contributed by atoms with van der Waals surface area (Å²) in [6, 6.07) is 0. The fraction of sp³-hybridized carbons (Fsp3) is 0.765. The van der Waals surface area contributed by atoms with Crippen LogP contribution in [0.4, 0.5) is 0 Å². The maximum absolute atomic E-state index is 11.4. The molecule has 0 spiro atoms. The van der Waals surface area contributed by atoms with E-state index in [1.807, 2.05) is 0 Å². The van der Waals surface area contributed by atoms with E-state index in [1.165, 1.54) is 6.92 Å². The molecule has 3 heteroatoms. The van der Waals surface area contributed by atoms with Gasteiger partial charge in [-0.25, -0.2) is 0 Å². The number of esters is 1. The van der Waals surface area contributed by atoms with Gasteiger partial charge in [0.15, 0.2) is 0 Å². The number of carbonyl (C=O) groups is 2. The second-order valence-electron chi connectivity index (χ2n) is 6.97. The summed E-state index contributed by atoms with van der Waals surface area (Å²) in [4.78, 5) is 22.6. The minimum Gasteiger partial charge on any atom is -0.462 e. The third kappa shape index (κ3) is 2.68. The molecule has 20 heavy (non-hydrogen) atoms. The van der Waals surface area contributed by atoms with Gasteiger partial charge in [-0.1, -0.05) is 26.8 Å². The highest BCUT2D eigenvalue weighted by atomic mass is 16.5. The first-order chi connectivity index (χ1) is 9.38. The van der Waals surface area contributed by atoms with Crippen molar-refractivity contribution < 1.29 is 14.3 Å². The lowest BCUT2D eigenvalue weighted by Crippen LogP contribution is -2.39. The van der Waals surface area contributed by atoms with Crippen molar-refractivity contribution in [2.45, 2.75) is 59.5 Å². The average Bonchev–Trinajstić information content (AvgIpc) is 2.64. The van der Waals surface area contributed by atoms with Gasteiger partial charge in [-0.3, -0.25) is 9.59 Å². The molecule has 4 atom stereocenters. The Kier molecular flexibility index (Phi) is 4.36. The smallest absolute Gasteiger partial charge is 0.302 e. The molecule has 0 radical (unpaired) electrons. The predicted octanol–water partition coefficient (Wildman–Crippen LogP) is 3.53. The molecule has 2 aliphatic carbocycles. The molecule has 0 heterocycles. The van der Waals surface area contributed by atoms with Gasteiger partial charge in [-0.2, -0.15) is 0 Å². The van der Waals surface area contributed by atoms with Gasteiger partial charge >= 0.3 is 5.97 Å². The lowest BCUT2D eigenvalue weighted by Gasteiger charge is -2.38. The largest absolute Gasteiger partial charge is 0.462 e. The van der Waals surface area contributed by atoms with Gasteiger partial charge in [0.25, 0.3) is 0 Å². The summed E-state index contributed by atoms with van der Waals surface area (Å²) in [5, 5.41) is 0. The van der Waals surface area contributed by atoms with Crippen LogP contribution < -0.4 is 0 Å². The Bertz CT molecular complexity index is 424. The molecule has 1 saturated carbocycles. The van der Waals surface area contributed by atoms with E-state index in [2.05, 4.69) is 26.8 Å². The van der Waals surface area contributed by atoms with E-state index in [0.717, 1.165) is 37.5 Å². The molecule has 2 aliphatic rings. The molecule has 112 valence electrons. The van der Waals surface area contributed by atoms with Gasteiger partial charge in [-0.05, 0) is 49.0 Å². The van der Waals surface area contributed by atoms with Crippen LogP contribution in [0.5, 0.6) is 0 Å². The minimum atomic E-state index is -0.211. The van der Waals surface area contributed by atoms with Gasteiger partial charge in [0.1, 0.15) is 12.4 Å². The highest BCUT2D eigenvalue weighted by Crippen LogP contribution is 2.55. The van der Waals surface area contributed by atoms with E-state index in [4.69, 9.17) is 4.74 Å². The van der Waals surface area contributed by atoms with Crippen molar-refractivity contribution in [1.29, 1.82) is 0 Å². The number of fused-ring (bicyclic) bond motifs is 1. The summed E-state index contributed by atoms with van der Waals surface area (Å²) in [6.45, 7) is 8.21. The topological polar surface area (TPSA) is 43.4 Å². The number of hydrogen-bond donors (Lipinski definition) is 0. The van der Waals surface area contributed by atoms with E-state index in [0.29, 0.717) is 17.8 Å². The van der Waals surface area contributed by atoms with E-state index in [1.54, 1.807) is 0 Å². The van der Waals surface area contributed by atoms with Crippen LogP contribution in [0.3, 0.4) is 0 Å². The second-order valence-corrected chi connectivity index (χ2v) is 6.97. The molecule has 3 nitrogen and oxygen atoms in total. The van der Waals surface area contributed by atoms with E-state index in [-0.39, 0.29) is 17.5 Å². The zero-order valence-electron chi connectivity index (χ0n) is 13.0. The summed E-state index contributed by atoms with van der Waals surface area (Å²) >= 11 is 0. The molecule has 0 bridgehead atoms. The van der Waals surface area contributed by atoms with Crippen LogP contribution >= 0.6 is 0 Å². The maximum atomic E-state index is 11.4. The Morgan fingerprint density at radius 3 is 2.70 bits per heavy atom. The quantitative estimate of drug-likeness (QED) is 0.586. The normalized spacial score (nSPS) is 37.0. The van der Waals surface area contributed by atoms with Crippen LogP contribution in [0.25, 0.3) is 0 Å². The first-order valence-electron chi connectivity index (χ1n) is 7.71. The highest BCUT2D eigenvalue weighted by molar-refractivity contribution is 5.73. The summed E-state index contributed by atoms with van der Waals surface area (Å²) in [7, 11) is 0. The van der Waals surface area contributed by atoms with E-state index in [9.17, 15) is 9.59 Å². The molecule has 0 amide bonds. The number of aldehydes is 1. The summed E-state index contributed by atoms with van der Waals surface area (Å²) in [5.74, 6) is 1.29. The third-order valence-corrected chi connectivity index (χ3v) is 5.38. The van der Waals surface area contributed by atoms with Crippen LogP contribution in [0, 0.1) is 23.2 Å². The Morgan fingerprint density at radius 1 is 1.45 bits per heavy atom. The lowest BCUT2D eigenvalue weighted by atomic mass is 9.71. The van der Waals surface area contributed by atoms with Crippen molar-refractivity contribution in [2.75, 3.05) is 0 Å². The molecular weight excluding hydrogens is 252 g/mol. The van der Waals surface area contributed by atoms with E-state index < -0.39 is 0 Å². The van der Waals surface area contributed by atoms with Crippen molar-refractivity contribution in [2.24, 2.45) is 23.2 Å². The fourth-order valence-electron chi connectivity index (χ4n) is 4.18. The minimum absolute atomic E-state index is 0.0225. The molecule has 0 aromatic carbocycles. The van der Waals surface area contributed by atoms with Crippen LogP contribution in [0.1, 0.15) is 53.4 Å². The van der Waals surface area contributed by atoms with Crippen molar-refractivity contribution in [1.82, 2.24) is 0 Å². The number of ether oxygens (including phenoxy) is 1. The molecule has 0 saturated heterocycles. The Hall–Kier alpha value is -1.12. The monoisotopic (exact) mass is 278 g/mol. The molecule has 1 fully saturated rings. The first kappa shape index (κ1) is 15.3. The Balaban J connectivity index is 2.36. The van der Waals surface area contributed by atoms with Gasteiger partial charge in [0, 0.05) is 12.3 Å². The van der Waals surface area contributed by atoms with Gasteiger partial charge in [0.2, 0.25) is 0 Å². The fourth-order valence-corrected chi connectivity index (χ4v) is 4.18. The van der Waals surface area contributed by atoms with Crippen molar-refractivity contribution in [3.63, 3.8) is 0 Å². The number of allylic oxidation sites excluding steroid dienone is 2. The SMILES string of the molecule is CC(=O)O[C@@H]1CCC(C=O)=C[C@@H]2[C@@H](C(C)C)CC[C@]21C. The average molecular weight is 278 g/mol. The van der Waals surface area contributed by atoms with Crippen LogP contribution in [0.15, 0.2) is 11.6 Å². The third-order valence-electron chi connectivity index (χ3n) is 5.38. The van der Waals surface area contributed by atoms with Crippen LogP contribution in [-0.4, -0.2) is 18.4 Å². The van der Waals surface area contributed by atoms with Crippen molar-refractivity contribution in [3.05, 3.63) is 11.6 Å². The second kappa shape index (κ2) is 5.71.